The number of methoxy groups -OCH3 is 1. The highest BCUT2D eigenvalue weighted by Gasteiger charge is 2.11. The first kappa shape index (κ1) is 14.7. The average Bonchev–Trinajstić information content (AvgIpc) is 2.80. The Bertz CT molecular complexity index is 350. The van der Waals surface area contributed by atoms with E-state index in [9.17, 15) is 0 Å². The number of oxazole rings is 1. The second-order valence-electron chi connectivity index (χ2n) is 4.38. The van der Waals surface area contributed by atoms with E-state index in [0.717, 1.165) is 12.2 Å². The van der Waals surface area contributed by atoms with E-state index in [0.29, 0.717) is 31.8 Å². The minimum atomic E-state index is 0.433. The van der Waals surface area contributed by atoms with Crippen LogP contribution in [-0.2, 0) is 11.3 Å². The zero-order chi connectivity index (χ0) is 13.4. The lowest BCUT2D eigenvalue weighted by molar-refractivity contribution is 0.204. The number of hydrogen-bond acceptors (Lipinski definition) is 5. The third-order valence-corrected chi connectivity index (χ3v) is 2.42. The molecule has 0 saturated heterocycles. The van der Waals surface area contributed by atoms with Crippen molar-refractivity contribution in [3.8, 4) is 0 Å². The van der Waals surface area contributed by atoms with E-state index in [1.807, 2.05) is 11.0 Å². The topological polar surface area (TPSA) is 50.5 Å². The molecule has 18 heavy (non-hydrogen) atoms. The van der Waals surface area contributed by atoms with Crippen LogP contribution < -0.4 is 10.2 Å². The highest BCUT2D eigenvalue weighted by molar-refractivity contribution is 5.28. The summed E-state index contributed by atoms with van der Waals surface area (Å²) in [5.41, 5.74) is 0.908. The Kier molecular flexibility index (Phi) is 6.46. The van der Waals surface area contributed by atoms with Crippen molar-refractivity contribution >= 4 is 6.01 Å². The van der Waals surface area contributed by atoms with Gasteiger partial charge in [0, 0.05) is 32.8 Å². The molecule has 1 rings (SSSR count). The van der Waals surface area contributed by atoms with E-state index in [4.69, 9.17) is 9.15 Å². The first-order valence-corrected chi connectivity index (χ1v) is 6.20. The molecule has 0 radical (unpaired) electrons. The molecule has 1 aromatic heterocycles. The SMILES string of the molecule is C=CCN(CCOC)c1nc(CNC(C)C)co1. The molecule has 0 aliphatic carbocycles. The summed E-state index contributed by atoms with van der Waals surface area (Å²) >= 11 is 0. The van der Waals surface area contributed by atoms with Gasteiger partial charge in [-0.2, -0.15) is 4.98 Å². The van der Waals surface area contributed by atoms with Gasteiger partial charge in [0.2, 0.25) is 0 Å². The number of ether oxygens (including phenoxy) is 1. The molecule has 102 valence electrons. The number of anilines is 1. The van der Waals surface area contributed by atoms with Crippen molar-refractivity contribution in [3.63, 3.8) is 0 Å². The summed E-state index contributed by atoms with van der Waals surface area (Å²) in [5, 5.41) is 3.30. The highest BCUT2D eigenvalue weighted by Crippen LogP contribution is 2.13. The van der Waals surface area contributed by atoms with Gasteiger partial charge in [-0.05, 0) is 0 Å². The summed E-state index contributed by atoms with van der Waals surface area (Å²) < 4.78 is 10.5. The molecule has 0 bridgehead atoms. The standard InChI is InChI=1S/C13H23N3O2/c1-5-6-16(7-8-17-4)13-15-12(10-18-13)9-14-11(2)3/h5,10-11,14H,1,6-9H2,2-4H3. The van der Waals surface area contributed by atoms with Crippen molar-refractivity contribution < 1.29 is 9.15 Å². The van der Waals surface area contributed by atoms with Gasteiger partial charge in [-0.1, -0.05) is 19.9 Å². The lowest BCUT2D eigenvalue weighted by Gasteiger charge is -2.17. The fraction of sp³-hybridized carbons (Fsp3) is 0.615. The van der Waals surface area contributed by atoms with Gasteiger partial charge in [0.15, 0.2) is 0 Å². The summed E-state index contributed by atoms with van der Waals surface area (Å²) in [4.78, 5) is 6.44. The van der Waals surface area contributed by atoms with Gasteiger partial charge in [0.1, 0.15) is 6.26 Å². The Morgan fingerprint density at radius 1 is 1.61 bits per heavy atom. The molecule has 0 aromatic carbocycles. The summed E-state index contributed by atoms with van der Waals surface area (Å²) in [6, 6.07) is 1.05. The van der Waals surface area contributed by atoms with Gasteiger partial charge in [-0.3, -0.25) is 0 Å². The molecular formula is C13H23N3O2. The molecule has 0 amide bonds. The maximum absolute atomic E-state index is 5.48. The van der Waals surface area contributed by atoms with E-state index in [1.165, 1.54) is 0 Å². The zero-order valence-corrected chi connectivity index (χ0v) is 11.5. The van der Waals surface area contributed by atoms with Gasteiger partial charge >= 0.3 is 0 Å². The largest absolute Gasteiger partial charge is 0.432 e. The van der Waals surface area contributed by atoms with Crippen LogP contribution in [0.2, 0.25) is 0 Å². The third-order valence-electron chi connectivity index (χ3n) is 2.42. The maximum atomic E-state index is 5.48. The first-order valence-electron chi connectivity index (χ1n) is 6.20. The van der Waals surface area contributed by atoms with Gasteiger partial charge in [0.25, 0.3) is 6.01 Å². The summed E-state index contributed by atoms with van der Waals surface area (Å²) in [7, 11) is 1.68. The molecule has 0 spiro atoms. The van der Waals surface area contributed by atoms with E-state index < -0.39 is 0 Å². The number of nitrogens with zero attached hydrogens (tertiary/aromatic N) is 2. The van der Waals surface area contributed by atoms with Gasteiger partial charge < -0.3 is 19.4 Å². The average molecular weight is 253 g/mol. The number of rotatable bonds is 9. The van der Waals surface area contributed by atoms with E-state index in [1.54, 1.807) is 13.4 Å². The van der Waals surface area contributed by atoms with E-state index >= 15 is 0 Å². The maximum Gasteiger partial charge on any atom is 0.297 e. The fourth-order valence-corrected chi connectivity index (χ4v) is 1.45. The van der Waals surface area contributed by atoms with Crippen LogP contribution in [0.25, 0.3) is 0 Å². The van der Waals surface area contributed by atoms with Crippen LogP contribution in [0.1, 0.15) is 19.5 Å². The second-order valence-corrected chi connectivity index (χ2v) is 4.38. The van der Waals surface area contributed by atoms with Crippen molar-refractivity contribution in [2.24, 2.45) is 0 Å². The van der Waals surface area contributed by atoms with Crippen molar-refractivity contribution in [2.45, 2.75) is 26.4 Å². The molecule has 5 nitrogen and oxygen atoms in total. The Morgan fingerprint density at radius 2 is 2.39 bits per heavy atom. The second kappa shape index (κ2) is 7.89. The molecule has 0 aliphatic heterocycles. The van der Waals surface area contributed by atoms with Gasteiger partial charge in [-0.15, -0.1) is 6.58 Å². The summed E-state index contributed by atoms with van der Waals surface area (Å²) in [6.07, 6.45) is 3.51. The first-order chi connectivity index (χ1) is 8.67. The molecule has 5 heteroatoms. The molecule has 0 fully saturated rings. The number of nitrogens with one attached hydrogen (secondary N) is 1. The summed E-state index contributed by atoms with van der Waals surface area (Å²) in [6.45, 7) is 10.7. The molecule has 0 saturated carbocycles. The fourth-order valence-electron chi connectivity index (χ4n) is 1.45. The normalized spacial score (nSPS) is 10.9. The predicted molar refractivity (Wildman–Crippen MR) is 72.8 cm³/mol. The van der Waals surface area contributed by atoms with Crippen LogP contribution in [0.4, 0.5) is 6.01 Å². The molecule has 1 heterocycles. The van der Waals surface area contributed by atoms with Gasteiger partial charge in [0.05, 0.1) is 12.3 Å². The lowest BCUT2D eigenvalue weighted by atomic mass is 10.4. The molecule has 0 atom stereocenters. The monoisotopic (exact) mass is 253 g/mol. The van der Waals surface area contributed by atoms with Gasteiger partial charge in [-0.25, -0.2) is 0 Å². The van der Waals surface area contributed by atoms with Crippen molar-refractivity contribution in [3.05, 3.63) is 24.6 Å². The number of aromatic nitrogens is 1. The molecule has 0 unspecified atom stereocenters. The Labute approximate surface area is 109 Å². The smallest absolute Gasteiger partial charge is 0.297 e. The van der Waals surface area contributed by atoms with Crippen LogP contribution in [-0.4, -0.2) is 37.8 Å². The zero-order valence-electron chi connectivity index (χ0n) is 11.5. The third kappa shape index (κ3) is 4.89. The quantitative estimate of drug-likeness (QED) is 0.680. The molecule has 1 N–H and O–H groups in total. The van der Waals surface area contributed by atoms with Crippen molar-refractivity contribution in [1.82, 2.24) is 10.3 Å². The van der Waals surface area contributed by atoms with E-state index in [2.05, 4.69) is 30.7 Å². The number of hydrogen-bond donors (Lipinski definition) is 1. The van der Waals surface area contributed by atoms with Crippen molar-refractivity contribution in [1.29, 1.82) is 0 Å². The Morgan fingerprint density at radius 3 is 3.00 bits per heavy atom. The lowest BCUT2D eigenvalue weighted by Crippen LogP contribution is -2.27. The molecule has 1 aromatic rings. The molecule has 0 aliphatic rings. The van der Waals surface area contributed by atoms with Crippen LogP contribution in [0.15, 0.2) is 23.3 Å². The minimum Gasteiger partial charge on any atom is -0.432 e. The van der Waals surface area contributed by atoms with E-state index in [-0.39, 0.29) is 0 Å². The Hall–Kier alpha value is -1.33. The minimum absolute atomic E-state index is 0.433. The van der Waals surface area contributed by atoms with Crippen LogP contribution in [0.3, 0.4) is 0 Å². The van der Waals surface area contributed by atoms with Crippen molar-refractivity contribution in [2.75, 3.05) is 31.7 Å². The Balaban J connectivity index is 2.58. The van der Waals surface area contributed by atoms with Crippen LogP contribution in [0, 0.1) is 0 Å². The molecular weight excluding hydrogens is 230 g/mol. The van der Waals surface area contributed by atoms with Crippen LogP contribution >= 0.6 is 0 Å². The van der Waals surface area contributed by atoms with Crippen LogP contribution in [0.5, 0.6) is 0 Å². The summed E-state index contributed by atoms with van der Waals surface area (Å²) in [5.74, 6) is 0. The predicted octanol–water partition coefficient (Wildman–Crippen LogP) is 1.81. The highest BCUT2D eigenvalue weighted by atomic mass is 16.5.